The largest absolute Gasteiger partial charge is 0.494 e. The van der Waals surface area contributed by atoms with Gasteiger partial charge in [0.25, 0.3) is 5.56 Å². The average Bonchev–Trinajstić information content (AvgIpc) is 2.35. The van der Waals surface area contributed by atoms with Crippen molar-refractivity contribution >= 4 is 28.3 Å². The van der Waals surface area contributed by atoms with Crippen LogP contribution in [-0.4, -0.2) is 22.8 Å². The third-order valence-corrected chi connectivity index (χ3v) is 2.95. The first-order chi connectivity index (χ1) is 8.47. The molecule has 0 fully saturated rings. The molecule has 1 heterocycles. The Labute approximate surface area is 107 Å². The smallest absolute Gasteiger partial charge is 0.343 e. The minimum Gasteiger partial charge on any atom is -0.494 e. The number of hydrogen-bond acceptors (Lipinski definition) is 4. The summed E-state index contributed by atoms with van der Waals surface area (Å²) in [6.45, 7) is 0. The molecule has 0 radical (unpaired) electrons. The zero-order chi connectivity index (χ0) is 13.4. The van der Waals surface area contributed by atoms with Gasteiger partial charge in [-0.05, 0) is 18.2 Å². The van der Waals surface area contributed by atoms with Crippen molar-refractivity contribution in [3.8, 4) is 5.88 Å². The van der Waals surface area contributed by atoms with Crippen LogP contribution in [0.25, 0.3) is 10.8 Å². The molecule has 2 rings (SSSR count). The summed E-state index contributed by atoms with van der Waals surface area (Å²) in [6, 6.07) is 4.50. The van der Waals surface area contributed by atoms with Crippen LogP contribution in [0.4, 0.5) is 0 Å². The average molecular weight is 268 g/mol. The normalized spacial score (nSPS) is 10.6. The Morgan fingerprint density at radius 1 is 1.39 bits per heavy atom. The van der Waals surface area contributed by atoms with Gasteiger partial charge < -0.3 is 9.84 Å². The van der Waals surface area contributed by atoms with Gasteiger partial charge in [-0.15, -0.1) is 0 Å². The number of ether oxygens (including phenoxy) is 1. The van der Waals surface area contributed by atoms with E-state index in [0.29, 0.717) is 10.4 Å². The zero-order valence-electron chi connectivity index (χ0n) is 9.73. The first-order valence-corrected chi connectivity index (χ1v) is 5.44. The summed E-state index contributed by atoms with van der Waals surface area (Å²) in [5.41, 5.74) is -0.482. The maximum Gasteiger partial charge on any atom is 0.343 e. The second-order valence-corrected chi connectivity index (χ2v) is 4.18. The molecule has 0 amide bonds. The van der Waals surface area contributed by atoms with Crippen LogP contribution in [-0.2, 0) is 11.8 Å². The maximum atomic E-state index is 11.9. The minimum atomic E-state index is -0.727. The van der Waals surface area contributed by atoms with E-state index in [1.54, 1.807) is 6.07 Å². The first kappa shape index (κ1) is 12.4. The number of aromatic hydroxyl groups is 1. The van der Waals surface area contributed by atoms with Gasteiger partial charge in [-0.1, -0.05) is 11.6 Å². The molecule has 18 heavy (non-hydrogen) atoms. The lowest BCUT2D eigenvalue weighted by Gasteiger charge is -2.11. The van der Waals surface area contributed by atoms with E-state index in [4.69, 9.17) is 11.6 Å². The quantitative estimate of drug-likeness (QED) is 0.798. The molecule has 0 saturated heterocycles. The van der Waals surface area contributed by atoms with Gasteiger partial charge in [0.1, 0.15) is 5.56 Å². The highest BCUT2D eigenvalue weighted by Gasteiger charge is 2.20. The highest BCUT2D eigenvalue weighted by atomic mass is 35.5. The number of rotatable bonds is 1. The van der Waals surface area contributed by atoms with E-state index in [0.717, 1.165) is 4.57 Å². The molecule has 1 aromatic heterocycles. The van der Waals surface area contributed by atoms with Gasteiger partial charge in [0, 0.05) is 22.8 Å². The molecular formula is C12H10ClNO4. The highest BCUT2D eigenvalue weighted by molar-refractivity contribution is 6.31. The summed E-state index contributed by atoms with van der Waals surface area (Å²) < 4.78 is 5.59. The molecule has 6 heteroatoms. The van der Waals surface area contributed by atoms with Crippen molar-refractivity contribution in [3.63, 3.8) is 0 Å². The second kappa shape index (κ2) is 4.34. The molecule has 1 aromatic carbocycles. The van der Waals surface area contributed by atoms with Crippen molar-refractivity contribution in [1.29, 1.82) is 0 Å². The van der Waals surface area contributed by atoms with Gasteiger partial charge in [-0.2, -0.15) is 0 Å². The first-order valence-electron chi connectivity index (χ1n) is 5.07. The van der Waals surface area contributed by atoms with Crippen LogP contribution < -0.4 is 5.56 Å². The summed E-state index contributed by atoms with van der Waals surface area (Å²) >= 11 is 5.84. The third-order valence-electron chi connectivity index (χ3n) is 2.72. The number of hydrogen-bond donors (Lipinski definition) is 1. The molecular weight excluding hydrogens is 258 g/mol. The molecule has 0 spiro atoms. The topological polar surface area (TPSA) is 68.5 Å². The standard InChI is InChI=1S/C12H10ClNO4/c1-14-10(15)7-4-3-6(13)5-8(7)9(11(14)16)12(17)18-2/h3-5,16H,1-2H3. The molecule has 0 aliphatic rings. The number of nitrogens with zero attached hydrogens (tertiary/aromatic N) is 1. The van der Waals surface area contributed by atoms with Crippen LogP contribution in [0, 0.1) is 0 Å². The van der Waals surface area contributed by atoms with Crippen molar-refractivity contribution in [2.75, 3.05) is 7.11 Å². The fourth-order valence-electron chi connectivity index (χ4n) is 1.78. The van der Waals surface area contributed by atoms with Gasteiger partial charge in [-0.3, -0.25) is 9.36 Å². The molecule has 0 aliphatic heterocycles. The van der Waals surface area contributed by atoms with Crippen molar-refractivity contribution in [2.24, 2.45) is 7.05 Å². The maximum absolute atomic E-state index is 11.9. The predicted molar refractivity (Wildman–Crippen MR) is 67.2 cm³/mol. The zero-order valence-corrected chi connectivity index (χ0v) is 10.5. The Bertz CT molecular complexity index is 705. The Hall–Kier alpha value is -2.01. The fourth-order valence-corrected chi connectivity index (χ4v) is 1.95. The third kappa shape index (κ3) is 1.73. The Balaban J connectivity index is 3.03. The van der Waals surface area contributed by atoms with Crippen LogP contribution in [0.5, 0.6) is 5.88 Å². The molecule has 0 atom stereocenters. The Morgan fingerprint density at radius 2 is 2.06 bits per heavy atom. The number of carbonyl (C=O) groups excluding carboxylic acids is 1. The minimum absolute atomic E-state index is 0.0721. The number of fused-ring (bicyclic) bond motifs is 1. The van der Waals surface area contributed by atoms with Crippen LogP contribution in [0.15, 0.2) is 23.0 Å². The lowest BCUT2D eigenvalue weighted by molar-refractivity contribution is 0.0598. The van der Waals surface area contributed by atoms with Crippen LogP contribution >= 0.6 is 11.6 Å². The van der Waals surface area contributed by atoms with Crippen molar-refractivity contribution < 1.29 is 14.6 Å². The Morgan fingerprint density at radius 3 is 2.67 bits per heavy atom. The fraction of sp³-hybridized carbons (Fsp3) is 0.167. The highest BCUT2D eigenvalue weighted by Crippen LogP contribution is 2.27. The van der Waals surface area contributed by atoms with E-state index in [1.807, 2.05) is 0 Å². The summed E-state index contributed by atoms with van der Waals surface area (Å²) in [7, 11) is 2.57. The molecule has 0 saturated carbocycles. The van der Waals surface area contributed by atoms with E-state index < -0.39 is 17.4 Å². The molecule has 0 aliphatic carbocycles. The number of esters is 1. The van der Waals surface area contributed by atoms with Crippen LogP contribution in [0.1, 0.15) is 10.4 Å². The molecule has 1 N–H and O–H groups in total. The second-order valence-electron chi connectivity index (χ2n) is 3.74. The summed E-state index contributed by atoms with van der Waals surface area (Å²) in [5.74, 6) is -1.17. The molecule has 0 bridgehead atoms. The van der Waals surface area contributed by atoms with Gasteiger partial charge >= 0.3 is 5.97 Å². The molecule has 5 nitrogen and oxygen atoms in total. The van der Waals surface area contributed by atoms with Gasteiger partial charge in [0.15, 0.2) is 0 Å². The van der Waals surface area contributed by atoms with Crippen molar-refractivity contribution in [1.82, 2.24) is 4.57 Å². The van der Waals surface area contributed by atoms with E-state index in [9.17, 15) is 14.7 Å². The van der Waals surface area contributed by atoms with E-state index in [-0.39, 0.29) is 10.9 Å². The predicted octanol–water partition coefficient (Wildman–Crippen LogP) is 1.68. The lowest BCUT2D eigenvalue weighted by Crippen LogP contribution is -2.20. The number of carbonyl (C=O) groups is 1. The number of aromatic nitrogens is 1. The SMILES string of the molecule is COC(=O)c1c(O)n(C)c(=O)c2ccc(Cl)cc12. The van der Waals surface area contributed by atoms with Gasteiger partial charge in [0.2, 0.25) is 5.88 Å². The summed E-state index contributed by atoms with van der Waals surface area (Å²) in [4.78, 5) is 23.6. The lowest BCUT2D eigenvalue weighted by atomic mass is 10.1. The molecule has 2 aromatic rings. The number of halogens is 1. The number of pyridine rings is 1. The van der Waals surface area contributed by atoms with Gasteiger partial charge in [0.05, 0.1) is 7.11 Å². The monoisotopic (exact) mass is 267 g/mol. The van der Waals surface area contributed by atoms with E-state index in [2.05, 4.69) is 4.74 Å². The van der Waals surface area contributed by atoms with Crippen molar-refractivity contribution in [2.45, 2.75) is 0 Å². The number of benzene rings is 1. The molecule has 0 unspecified atom stereocenters. The molecule has 94 valence electrons. The van der Waals surface area contributed by atoms with Gasteiger partial charge in [-0.25, -0.2) is 4.79 Å². The summed E-state index contributed by atoms with van der Waals surface area (Å²) in [6.07, 6.45) is 0. The van der Waals surface area contributed by atoms with E-state index in [1.165, 1.54) is 26.3 Å². The summed E-state index contributed by atoms with van der Waals surface area (Å²) in [5, 5.41) is 10.8. The van der Waals surface area contributed by atoms with Crippen LogP contribution in [0.2, 0.25) is 5.02 Å². The number of methoxy groups -OCH3 is 1. The van der Waals surface area contributed by atoms with Crippen LogP contribution in [0.3, 0.4) is 0 Å². The Kier molecular flexibility index (Phi) is 3.00. The van der Waals surface area contributed by atoms with E-state index >= 15 is 0 Å². The van der Waals surface area contributed by atoms with Crippen molar-refractivity contribution in [3.05, 3.63) is 39.1 Å².